The SMILES string of the molecule is CCN(CC(=O)NCCC1=CCCCC1)S(=O)(=O)c1ccc(Br)cc1. The largest absolute Gasteiger partial charge is 0.355 e. The maximum absolute atomic E-state index is 12.7. The second kappa shape index (κ2) is 9.50. The van der Waals surface area contributed by atoms with Gasteiger partial charge in [0.05, 0.1) is 11.4 Å². The Labute approximate surface area is 158 Å². The standard InChI is InChI=1S/C18H25BrN2O3S/c1-2-21(25(23,24)17-10-8-16(19)9-11-17)14-18(22)20-13-12-15-6-4-3-5-7-15/h6,8-11H,2-5,7,12-14H2,1H3,(H,20,22). The average molecular weight is 429 g/mol. The number of carbonyl (C=O) groups excluding carboxylic acids is 1. The molecule has 1 aliphatic carbocycles. The van der Waals surface area contributed by atoms with Crippen LogP contribution in [-0.4, -0.2) is 38.3 Å². The number of allylic oxidation sites excluding steroid dienone is 1. The van der Waals surface area contributed by atoms with Gasteiger partial charge >= 0.3 is 0 Å². The molecule has 0 aromatic heterocycles. The van der Waals surface area contributed by atoms with Gasteiger partial charge in [0, 0.05) is 17.6 Å². The first-order valence-corrected chi connectivity index (χ1v) is 10.9. The number of hydrogen-bond donors (Lipinski definition) is 1. The molecule has 0 radical (unpaired) electrons. The van der Waals surface area contributed by atoms with Crippen LogP contribution >= 0.6 is 15.9 Å². The van der Waals surface area contributed by atoms with Crippen molar-refractivity contribution in [2.75, 3.05) is 19.6 Å². The Morgan fingerprint density at radius 1 is 1.24 bits per heavy atom. The first kappa shape index (κ1) is 20.1. The number of halogens is 1. The van der Waals surface area contributed by atoms with Crippen molar-refractivity contribution in [3.8, 4) is 0 Å². The van der Waals surface area contributed by atoms with Gasteiger partial charge in [0.15, 0.2) is 0 Å². The van der Waals surface area contributed by atoms with E-state index in [2.05, 4.69) is 27.3 Å². The summed E-state index contributed by atoms with van der Waals surface area (Å²) in [6.07, 6.45) is 7.79. The summed E-state index contributed by atoms with van der Waals surface area (Å²) in [7, 11) is -3.67. The van der Waals surface area contributed by atoms with E-state index >= 15 is 0 Å². The number of sulfonamides is 1. The molecule has 0 bridgehead atoms. The van der Waals surface area contributed by atoms with E-state index in [1.165, 1.54) is 34.9 Å². The van der Waals surface area contributed by atoms with Crippen LogP contribution < -0.4 is 5.32 Å². The third kappa shape index (κ3) is 5.94. The van der Waals surface area contributed by atoms with Crippen LogP contribution in [0.3, 0.4) is 0 Å². The van der Waals surface area contributed by atoms with Gasteiger partial charge in [-0.1, -0.05) is 34.5 Å². The predicted molar refractivity (Wildman–Crippen MR) is 103 cm³/mol. The van der Waals surface area contributed by atoms with Gasteiger partial charge in [-0.25, -0.2) is 8.42 Å². The van der Waals surface area contributed by atoms with Gasteiger partial charge in [-0.15, -0.1) is 0 Å². The zero-order valence-corrected chi connectivity index (χ0v) is 16.9. The van der Waals surface area contributed by atoms with Crippen molar-refractivity contribution >= 4 is 31.9 Å². The molecule has 7 heteroatoms. The molecule has 0 heterocycles. The predicted octanol–water partition coefficient (Wildman–Crippen LogP) is 3.47. The fraction of sp³-hybridized carbons (Fsp3) is 0.500. The number of rotatable bonds is 8. The van der Waals surface area contributed by atoms with Crippen LogP contribution in [-0.2, 0) is 14.8 Å². The maximum atomic E-state index is 12.7. The van der Waals surface area contributed by atoms with Crippen LogP contribution in [0.2, 0.25) is 0 Å². The molecular formula is C18H25BrN2O3S. The van der Waals surface area contributed by atoms with Gasteiger partial charge in [0.2, 0.25) is 15.9 Å². The average Bonchev–Trinajstić information content (AvgIpc) is 2.61. The zero-order valence-electron chi connectivity index (χ0n) is 14.5. The van der Waals surface area contributed by atoms with E-state index in [1.807, 2.05) is 0 Å². The zero-order chi connectivity index (χ0) is 18.3. The minimum absolute atomic E-state index is 0.159. The van der Waals surface area contributed by atoms with Crippen LogP contribution in [0.5, 0.6) is 0 Å². The van der Waals surface area contributed by atoms with Crippen molar-refractivity contribution < 1.29 is 13.2 Å². The molecule has 0 aliphatic heterocycles. The second-order valence-electron chi connectivity index (χ2n) is 6.09. The molecule has 1 aromatic carbocycles. The lowest BCUT2D eigenvalue weighted by Crippen LogP contribution is -2.40. The topological polar surface area (TPSA) is 66.5 Å². The Bertz CT molecular complexity index is 714. The molecule has 1 aliphatic rings. The number of likely N-dealkylation sites (N-methyl/N-ethyl adjacent to an activating group) is 1. The van der Waals surface area contributed by atoms with Crippen molar-refractivity contribution in [2.45, 2.75) is 43.9 Å². The monoisotopic (exact) mass is 428 g/mol. The lowest BCUT2D eigenvalue weighted by Gasteiger charge is -2.20. The fourth-order valence-electron chi connectivity index (χ4n) is 2.83. The van der Waals surface area contributed by atoms with E-state index in [1.54, 1.807) is 19.1 Å². The Balaban J connectivity index is 1.90. The fourth-order valence-corrected chi connectivity index (χ4v) is 4.50. The third-order valence-corrected chi connectivity index (χ3v) is 6.74. The number of nitrogens with zero attached hydrogens (tertiary/aromatic N) is 1. The molecule has 25 heavy (non-hydrogen) atoms. The molecule has 138 valence electrons. The molecule has 2 rings (SSSR count). The Kier molecular flexibility index (Phi) is 7.65. The summed E-state index contributed by atoms with van der Waals surface area (Å²) >= 11 is 3.29. The number of carbonyl (C=O) groups is 1. The molecule has 1 aromatic rings. The summed E-state index contributed by atoms with van der Waals surface area (Å²) in [6.45, 7) is 2.38. The Morgan fingerprint density at radius 3 is 2.56 bits per heavy atom. The highest BCUT2D eigenvalue weighted by Crippen LogP contribution is 2.20. The van der Waals surface area contributed by atoms with E-state index in [0.29, 0.717) is 6.54 Å². The lowest BCUT2D eigenvalue weighted by molar-refractivity contribution is -0.121. The second-order valence-corrected chi connectivity index (χ2v) is 8.95. The first-order chi connectivity index (χ1) is 11.9. The normalized spacial score (nSPS) is 15.1. The Hall–Kier alpha value is -1.18. The quantitative estimate of drug-likeness (QED) is 0.644. The molecule has 0 saturated heterocycles. The maximum Gasteiger partial charge on any atom is 0.243 e. The smallest absolute Gasteiger partial charge is 0.243 e. The Morgan fingerprint density at radius 2 is 1.96 bits per heavy atom. The number of amides is 1. The van der Waals surface area contributed by atoms with Gasteiger partial charge in [0.1, 0.15) is 0 Å². The van der Waals surface area contributed by atoms with Gasteiger partial charge in [0.25, 0.3) is 0 Å². The summed E-state index contributed by atoms with van der Waals surface area (Å²) < 4.78 is 27.3. The van der Waals surface area contributed by atoms with Crippen molar-refractivity contribution in [1.29, 1.82) is 0 Å². The molecule has 5 nitrogen and oxygen atoms in total. The summed E-state index contributed by atoms with van der Waals surface area (Å²) in [6, 6.07) is 6.43. The van der Waals surface area contributed by atoms with Crippen molar-refractivity contribution in [3.05, 3.63) is 40.4 Å². The highest BCUT2D eigenvalue weighted by Gasteiger charge is 2.25. The number of nitrogens with one attached hydrogen (secondary N) is 1. The third-order valence-electron chi connectivity index (χ3n) is 4.28. The molecule has 1 N–H and O–H groups in total. The van der Waals surface area contributed by atoms with Gasteiger partial charge in [-0.05, 0) is 56.4 Å². The van der Waals surface area contributed by atoms with E-state index in [4.69, 9.17) is 0 Å². The molecular weight excluding hydrogens is 404 g/mol. The number of hydrogen-bond acceptors (Lipinski definition) is 3. The van der Waals surface area contributed by atoms with Crippen molar-refractivity contribution in [3.63, 3.8) is 0 Å². The molecule has 0 unspecified atom stereocenters. The first-order valence-electron chi connectivity index (χ1n) is 8.64. The highest BCUT2D eigenvalue weighted by molar-refractivity contribution is 9.10. The van der Waals surface area contributed by atoms with Gasteiger partial charge in [-0.3, -0.25) is 4.79 Å². The molecule has 1 amide bonds. The molecule has 0 spiro atoms. The van der Waals surface area contributed by atoms with E-state index < -0.39 is 10.0 Å². The molecule has 0 atom stereocenters. The highest BCUT2D eigenvalue weighted by atomic mass is 79.9. The number of benzene rings is 1. The van der Waals surface area contributed by atoms with Gasteiger partial charge < -0.3 is 5.32 Å². The van der Waals surface area contributed by atoms with E-state index in [0.717, 1.165) is 23.7 Å². The van der Waals surface area contributed by atoms with E-state index in [-0.39, 0.29) is 23.9 Å². The van der Waals surface area contributed by atoms with Crippen LogP contribution in [0.25, 0.3) is 0 Å². The van der Waals surface area contributed by atoms with E-state index in [9.17, 15) is 13.2 Å². The summed E-state index contributed by atoms with van der Waals surface area (Å²) in [5.41, 5.74) is 1.39. The summed E-state index contributed by atoms with van der Waals surface area (Å²) in [5.74, 6) is -0.265. The van der Waals surface area contributed by atoms with Crippen molar-refractivity contribution in [1.82, 2.24) is 9.62 Å². The van der Waals surface area contributed by atoms with Crippen LogP contribution in [0.15, 0.2) is 45.3 Å². The lowest BCUT2D eigenvalue weighted by atomic mass is 9.97. The van der Waals surface area contributed by atoms with Crippen LogP contribution in [0, 0.1) is 0 Å². The van der Waals surface area contributed by atoms with Gasteiger partial charge in [-0.2, -0.15) is 4.31 Å². The minimum Gasteiger partial charge on any atom is -0.355 e. The minimum atomic E-state index is -3.67. The summed E-state index contributed by atoms with van der Waals surface area (Å²) in [5, 5.41) is 2.83. The van der Waals surface area contributed by atoms with Crippen LogP contribution in [0.1, 0.15) is 39.0 Å². The van der Waals surface area contributed by atoms with Crippen LogP contribution in [0.4, 0.5) is 0 Å². The summed E-state index contributed by atoms with van der Waals surface area (Å²) in [4.78, 5) is 12.3. The van der Waals surface area contributed by atoms with Crippen molar-refractivity contribution in [2.24, 2.45) is 0 Å². The molecule has 0 fully saturated rings. The molecule has 0 saturated carbocycles.